The molecule has 16 heteroatoms. The van der Waals surface area contributed by atoms with Gasteiger partial charge >= 0.3 is 0 Å². The van der Waals surface area contributed by atoms with E-state index in [9.17, 15) is 25.5 Å². The number of ether oxygens (including phenoxy) is 3. The van der Waals surface area contributed by atoms with E-state index < -0.39 is 85.7 Å². The van der Waals surface area contributed by atoms with Gasteiger partial charge in [-0.25, -0.2) is 4.99 Å². The summed E-state index contributed by atoms with van der Waals surface area (Å²) >= 11 is 0. The lowest BCUT2D eigenvalue weighted by Gasteiger charge is -2.51. The predicted molar refractivity (Wildman–Crippen MR) is 136 cm³/mol. The largest absolute Gasteiger partial charge is 0.394 e. The second kappa shape index (κ2) is 13.9. The first-order valence-corrected chi connectivity index (χ1v) is 13.0. The fourth-order valence-electron chi connectivity index (χ4n) is 5.61. The standard InChI is InChI=1S/C22H46N8O8/c23-4-8(32)6-29-12-3-10(25)14(19-11(30-22(27)28)2-1-9(5-24)36-19)17(34)20(12)38-21-18(35)15(26)16(33)13(7-31)37-21/h8-21,29,31-35H,1-7,23-26H2,(H4,27,28,30). The van der Waals surface area contributed by atoms with Crippen molar-refractivity contribution in [1.82, 2.24) is 5.32 Å². The third-order valence-electron chi connectivity index (χ3n) is 7.73. The minimum atomic E-state index is -1.47. The molecule has 0 radical (unpaired) electrons. The Hall–Kier alpha value is -1.25. The number of aliphatic hydroxyl groups excluding tert-OH is 5. The lowest BCUT2D eigenvalue weighted by molar-refractivity contribution is -0.306. The molecule has 0 spiro atoms. The summed E-state index contributed by atoms with van der Waals surface area (Å²) in [4.78, 5) is 4.31. The third kappa shape index (κ3) is 7.08. The molecular formula is C22H46N8O8. The molecule has 2 aliphatic heterocycles. The molecular weight excluding hydrogens is 504 g/mol. The van der Waals surface area contributed by atoms with E-state index in [0.29, 0.717) is 12.8 Å². The Labute approximate surface area is 221 Å². The lowest BCUT2D eigenvalue weighted by atomic mass is 9.72. The van der Waals surface area contributed by atoms with Gasteiger partial charge in [0.25, 0.3) is 0 Å². The van der Waals surface area contributed by atoms with E-state index in [1.54, 1.807) is 0 Å². The molecule has 18 N–H and O–H groups in total. The van der Waals surface area contributed by atoms with Crippen molar-refractivity contribution in [1.29, 1.82) is 0 Å². The van der Waals surface area contributed by atoms with E-state index in [4.69, 9.17) is 48.6 Å². The molecule has 1 saturated carbocycles. The molecule has 0 aromatic rings. The Balaban J connectivity index is 1.90. The Morgan fingerprint density at radius 2 is 1.76 bits per heavy atom. The molecule has 3 rings (SSSR count). The Kier molecular flexibility index (Phi) is 11.4. The van der Waals surface area contributed by atoms with Gasteiger partial charge in [0.05, 0.1) is 43.1 Å². The van der Waals surface area contributed by atoms with Crippen molar-refractivity contribution in [2.75, 3.05) is 26.2 Å². The van der Waals surface area contributed by atoms with Crippen molar-refractivity contribution in [3.05, 3.63) is 0 Å². The zero-order chi connectivity index (χ0) is 28.1. The summed E-state index contributed by atoms with van der Waals surface area (Å²) in [7, 11) is 0. The monoisotopic (exact) mass is 550 g/mol. The predicted octanol–water partition coefficient (Wildman–Crippen LogP) is -6.73. The van der Waals surface area contributed by atoms with Crippen LogP contribution in [0.1, 0.15) is 19.3 Å². The number of guanidine groups is 1. The van der Waals surface area contributed by atoms with Crippen molar-refractivity contribution in [3.63, 3.8) is 0 Å². The van der Waals surface area contributed by atoms with E-state index in [0.717, 1.165) is 0 Å². The summed E-state index contributed by atoms with van der Waals surface area (Å²) in [6.07, 6.45) is -8.01. The first-order chi connectivity index (χ1) is 18.0. The quantitative estimate of drug-likeness (QED) is 0.0888. The van der Waals surface area contributed by atoms with Gasteiger partial charge in [0.15, 0.2) is 12.2 Å². The molecule has 2 heterocycles. The van der Waals surface area contributed by atoms with Crippen LogP contribution in [0.25, 0.3) is 0 Å². The highest BCUT2D eigenvalue weighted by Gasteiger charge is 2.53. The highest BCUT2D eigenvalue weighted by atomic mass is 16.7. The average molecular weight is 551 g/mol. The van der Waals surface area contributed by atoms with Crippen molar-refractivity contribution in [2.45, 2.75) is 98.6 Å². The van der Waals surface area contributed by atoms with Crippen LogP contribution in [0.2, 0.25) is 0 Å². The second-order valence-corrected chi connectivity index (χ2v) is 10.4. The van der Waals surface area contributed by atoms with Gasteiger partial charge < -0.3 is 79.5 Å². The van der Waals surface area contributed by atoms with Crippen LogP contribution in [-0.4, -0.2) is 137 Å². The third-order valence-corrected chi connectivity index (χ3v) is 7.73. The van der Waals surface area contributed by atoms with Gasteiger partial charge in [-0.15, -0.1) is 0 Å². The SMILES string of the molecule is NCC(O)CNC1CC(N)C(C2OC(CN)CCC2N=C(N)N)C(O)C1OC1OC(CO)C(O)C(N)C1O. The van der Waals surface area contributed by atoms with Gasteiger partial charge in [0, 0.05) is 37.6 Å². The van der Waals surface area contributed by atoms with Crippen LogP contribution in [0.15, 0.2) is 4.99 Å². The second-order valence-electron chi connectivity index (χ2n) is 10.4. The van der Waals surface area contributed by atoms with E-state index >= 15 is 0 Å². The number of hydrogen-bond acceptors (Lipinski definition) is 14. The summed E-state index contributed by atoms with van der Waals surface area (Å²) in [5, 5.41) is 55.3. The molecule has 14 atom stereocenters. The lowest BCUT2D eigenvalue weighted by Crippen LogP contribution is -2.68. The van der Waals surface area contributed by atoms with Crippen molar-refractivity contribution in [2.24, 2.45) is 45.3 Å². The van der Waals surface area contributed by atoms with Crippen LogP contribution in [0.5, 0.6) is 0 Å². The van der Waals surface area contributed by atoms with Gasteiger partial charge in [-0.2, -0.15) is 0 Å². The normalized spacial score (nSPS) is 44.9. The van der Waals surface area contributed by atoms with Crippen LogP contribution >= 0.6 is 0 Å². The molecule has 1 aliphatic carbocycles. The van der Waals surface area contributed by atoms with Gasteiger partial charge in [-0.05, 0) is 19.3 Å². The topological polar surface area (TPSA) is 309 Å². The molecule has 222 valence electrons. The van der Waals surface area contributed by atoms with Gasteiger partial charge in [0.2, 0.25) is 0 Å². The highest BCUT2D eigenvalue weighted by Crippen LogP contribution is 2.37. The summed E-state index contributed by atoms with van der Waals surface area (Å²) in [6, 6.07) is -2.88. The first kappa shape index (κ1) is 31.3. The van der Waals surface area contributed by atoms with Crippen molar-refractivity contribution in [3.8, 4) is 0 Å². The fourth-order valence-corrected chi connectivity index (χ4v) is 5.61. The molecule has 16 nitrogen and oxygen atoms in total. The average Bonchev–Trinajstić information content (AvgIpc) is 2.89. The maximum Gasteiger partial charge on any atom is 0.186 e. The molecule has 0 amide bonds. The minimum absolute atomic E-state index is 0.00837. The number of rotatable bonds is 10. The van der Waals surface area contributed by atoms with Crippen LogP contribution < -0.4 is 39.7 Å². The van der Waals surface area contributed by atoms with E-state index in [2.05, 4.69) is 10.3 Å². The van der Waals surface area contributed by atoms with Crippen LogP contribution in [-0.2, 0) is 14.2 Å². The van der Waals surface area contributed by atoms with Crippen LogP contribution in [0, 0.1) is 5.92 Å². The molecule has 3 fully saturated rings. The Morgan fingerprint density at radius 3 is 2.37 bits per heavy atom. The summed E-state index contributed by atoms with van der Waals surface area (Å²) in [5.41, 5.74) is 35.2. The number of nitrogens with zero attached hydrogens (tertiary/aromatic N) is 1. The van der Waals surface area contributed by atoms with Crippen LogP contribution in [0.3, 0.4) is 0 Å². The number of aliphatic hydroxyl groups is 5. The molecule has 0 aromatic heterocycles. The summed E-state index contributed by atoms with van der Waals surface area (Å²) < 4.78 is 17.9. The molecule has 38 heavy (non-hydrogen) atoms. The molecule has 2 saturated heterocycles. The molecule has 14 unspecified atom stereocenters. The maximum absolute atomic E-state index is 11.7. The maximum atomic E-state index is 11.7. The van der Waals surface area contributed by atoms with Gasteiger partial charge in [-0.1, -0.05) is 0 Å². The molecule has 0 bridgehead atoms. The highest BCUT2D eigenvalue weighted by molar-refractivity contribution is 5.75. The van der Waals surface area contributed by atoms with E-state index in [-0.39, 0.29) is 38.1 Å². The zero-order valence-corrected chi connectivity index (χ0v) is 21.4. The smallest absolute Gasteiger partial charge is 0.186 e. The number of hydrogen-bond donors (Lipinski definition) is 12. The van der Waals surface area contributed by atoms with E-state index in [1.165, 1.54) is 0 Å². The zero-order valence-electron chi connectivity index (χ0n) is 21.4. The van der Waals surface area contributed by atoms with Crippen LogP contribution in [0.4, 0.5) is 0 Å². The van der Waals surface area contributed by atoms with Crippen molar-refractivity contribution < 1.29 is 39.7 Å². The number of nitrogens with one attached hydrogen (secondary N) is 1. The number of aliphatic imine (C=N–C) groups is 1. The van der Waals surface area contributed by atoms with Gasteiger partial charge in [-0.3, -0.25) is 0 Å². The molecule has 0 aromatic carbocycles. The minimum Gasteiger partial charge on any atom is -0.394 e. The number of nitrogens with two attached hydrogens (primary N) is 6. The van der Waals surface area contributed by atoms with Gasteiger partial charge in [0.1, 0.15) is 24.4 Å². The molecule has 3 aliphatic rings. The van der Waals surface area contributed by atoms with E-state index in [1.807, 2.05) is 0 Å². The summed E-state index contributed by atoms with van der Waals surface area (Å²) in [5.74, 6) is -0.841. The van der Waals surface area contributed by atoms with Crippen molar-refractivity contribution >= 4 is 5.96 Å². The first-order valence-electron chi connectivity index (χ1n) is 13.0. The Bertz CT molecular complexity index is 765. The Morgan fingerprint density at radius 1 is 1.05 bits per heavy atom. The summed E-state index contributed by atoms with van der Waals surface area (Å²) in [6.45, 7) is -0.213. The fraction of sp³-hybridized carbons (Fsp3) is 0.955.